The van der Waals surface area contributed by atoms with Gasteiger partial charge in [0, 0.05) is 12.4 Å². The van der Waals surface area contributed by atoms with Crippen LogP contribution < -0.4 is 11.3 Å². The molecule has 3 aromatic heterocycles. The van der Waals surface area contributed by atoms with Crippen molar-refractivity contribution in [2.75, 3.05) is 5.43 Å². The Labute approximate surface area is 95.5 Å². The van der Waals surface area contributed by atoms with Crippen molar-refractivity contribution in [3.63, 3.8) is 0 Å². The number of hydrazine groups is 1. The van der Waals surface area contributed by atoms with Crippen molar-refractivity contribution in [2.45, 2.75) is 0 Å². The van der Waals surface area contributed by atoms with Crippen LogP contribution in [0.1, 0.15) is 0 Å². The number of nitrogen functional groups attached to an aromatic ring is 1. The third-order valence-electron chi connectivity index (χ3n) is 2.30. The van der Waals surface area contributed by atoms with Crippen LogP contribution in [-0.2, 0) is 0 Å². The molecule has 0 fully saturated rings. The van der Waals surface area contributed by atoms with Gasteiger partial charge in [0.1, 0.15) is 11.2 Å². The van der Waals surface area contributed by atoms with E-state index in [2.05, 4.69) is 15.5 Å². The van der Waals surface area contributed by atoms with Gasteiger partial charge < -0.3 is 5.43 Å². The molecule has 6 heteroatoms. The Kier molecular flexibility index (Phi) is 2.09. The first-order valence-electron chi connectivity index (χ1n) is 4.73. The SMILES string of the molecule is NNc1nccn2nc(-c3cccs3)cc12. The molecule has 16 heavy (non-hydrogen) atoms. The van der Waals surface area contributed by atoms with Crippen molar-refractivity contribution in [3.8, 4) is 10.6 Å². The van der Waals surface area contributed by atoms with Gasteiger partial charge in [0.2, 0.25) is 0 Å². The van der Waals surface area contributed by atoms with Crippen molar-refractivity contribution < 1.29 is 0 Å². The van der Waals surface area contributed by atoms with Gasteiger partial charge in [-0.25, -0.2) is 15.3 Å². The molecule has 80 valence electrons. The largest absolute Gasteiger partial charge is 0.307 e. The second-order valence-corrected chi connectivity index (χ2v) is 4.20. The predicted molar refractivity (Wildman–Crippen MR) is 64.1 cm³/mol. The van der Waals surface area contributed by atoms with Crippen molar-refractivity contribution in [3.05, 3.63) is 36.0 Å². The van der Waals surface area contributed by atoms with Gasteiger partial charge >= 0.3 is 0 Å². The van der Waals surface area contributed by atoms with Crippen molar-refractivity contribution >= 4 is 22.7 Å². The molecular weight excluding hydrogens is 222 g/mol. The zero-order valence-electron chi connectivity index (χ0n) is 8.29. The van der Waals surface area contributed by atoms with E-state index in [0.29, 0.717) is 5.82 Å². The lowest BCUT2D eigenvalue weighted by Gasteiger charge is -1.98. The maximum atomic E-state index is 5.39. The highest BCUT2D eigenvalue weighted by molar-refractivity contribution is 7.13. The molecule has 0 aliphatic carbocycles. The first-order chi connectivity index (χ1) is 7.88. The Morgan fingerprint density at radius 1 is 1.44 bits per heavy atom. The number of nitrogens with one attached hydrogen (secondary N) is 1. The maximum Gasteiger partial charge on any atom is 0.166 e. The Balaban J connectivity index is 2.23. The third-order valence-corrected chi connectivity index (χ3v) is 3.19. The number of thiophene rings is 1. The molecule has 0 aromatic carbocycles. The lowest BCUT2D eigenvalue weighted by Crippen LogP contribution is -2.09. The number of fused-ring (bicyclic) bond motifs is 1. The van der Waals surface area contributed by atoms with Crippen LogP contribution in [0.25, 0.3) is 16.1 Å². The number of rotatable bonds is 2. The molecule has 5 nitrogen and oxygen atoms in total. The number of nitrogens with two attached hydrogens (primary N) is 1. The summed E-state index contributed by atoms with van der Waals surface area (Å²) in [4.78, 5) is 5.26. The fourth-order valence-electron chi connectivity index (χ4n) is 1.58. The standard InChI is InChI=1S/C10H9N5S/c11-13-10-8-6-7(9-2-1-5-16-9)14-15(8)4-3-12-10/h1-6H,11H2,(H,12,13). The minimum atomic E-state index is 0.623. The van der Waals surface area contributed by atoms with Crippen LogP contribution in [0.2, 0.25) is 0 Å². The van der Waals surface area contributed by atoms with E-state index in [1.54, 1.807) is 28.2 Å². The molecule has 3 N–H and O–H groups in total. The normalized spacial score (nSPS) is 10.8. The van der Waals surface area contributed by atoms with Gasteiger partial charge in [0.15, 0.2) is 5.82 Å². The Morgan fingerprint density at radius 2 is 2.38 bits per heavy atom. The van der Waals surface area contributed by atoms with Gasteiger partial charge in [-0.3, -0.25) is 0 Å². The van der Waals surface area contributed by atoms with Gasteiger partial charge in [0.05, 0.1) is 4.88 Å². The van der Waals surface area contributed by atoms with Crippen LogP contribution in [0.5, 0.6) is 0 Å². The van der Waals surface area contributed by atoms with E-state index < -0.39 is 0 Å². The summed E-state index contributed by atoms with van der Waals surface area (Å²) in [5, 5.41) is 6.48. The zero-order valence-corrected chi connectivity index (χ0v) is 9.11. The van der Waals surface area contributed by atoms with Crippen LogP contribution in [0.15, 0.2) is 36.0 Å². The van der Waals surface area contributed by atoms with E-state index in [-0.39, 0.29) is 0 Å². The van der Waals surface area contributed by atoms with Crippen LogP contribution in [-0.4, -0.2) is 14.6 Å². The summed E-state index contributed by atoms with van der Waals surface area (Å²) in [6.07, 6.45) is 3.46. The fraction of sp³-hybridized carbons (Fsp3) is 0. The molecule has 3 heterocycles. The molecule has 0 amide bonds. The predicted octanol–water partition coefficient (Wildman–Crippen LogP) is 1.74. The van der Waals surface area contributed by atoms with Crippen LogP contribution >= 0.6 is 11.3 Å². The smallest absolute Gasteiger partial charge is 0.166 e. The molecule has 0 spiro atoms. The number of hydrogen-bond donors (Lipinski definition) is 2. The van der Waals surface area contributed by atoms with Gasteiger partial charge in [-0.2, -0.15) is 5.10 Å². The van der Waals surface area contributed by atoms with Gasteiger partial charge in [0.25, 0.3) is 0 Å². The highest BCUT2D eigenvalue weighted by Crippen LogP contribution is 2.25. The second-order valence-electron chi connectivity index (χ2n) is 3.26. The van der Waals surface area contributed by atoms with Crippen LogP contribution in [0, 0.1) is 0 Å². The molecule has 0 unspecified atom stereocenters. The molecule has 0 radical (unpaired) electrons. The number of nitrogens with zero attached hydrogens (tertiary/aromatic N) is 3. The lowest BCUT2D eigenvalue weighted by atomic mass is 10.3. The van der Waals surface area contributed by atoms with Gasteiger partial charge in [-0.1, -0.05) is 6.07 Å². The van der Waals surface area contributed by atoms with E-state index in [9.17, 15) is 0 Å². The van der Waals surface area contributed by atoms with Gasteiger partial charge in [-0.15, -0.1) is 11.3 Å². The molecule has 0 atom stereocenters. The van der Waals surface area contributed by atoms with E-state index in [4.69, 9.17) is 5.84 Å². The highest BCUT2D eigenvalue weighted by atomic mass is 32.1. The average Bonchev–Trinajstić information content (AvgIpc) is 2.96. The number of hydrogen-bond acceptors (Lipinski definition) is 5. The van der Waals surface area contributed by atoms with E-state index in [1.165, 1.54) is 0 Å². The Bertz CT molecular complexity index is 613. The quantitative estimate of drug-likeness (QED) is 0.520. The second kappa shape index (κ2) is 3.58. The molecule has 0 bridgehead atoms. The minimum Gasteiger partial charge on any atom is -0.307 e. The fourth-order valence-corrected chi connectivity index (χ4v) is 2.26. The van der Waals surface area contributed by atoms with Crippen molar-refractivity contribution in [2.24, 2.45) is 5.84 Å². The molecule has 0 aliphatic heterocycles. The van der Waals surface area contributed by atoms with E-state index in [1.807, 2.05) is 23.6 Å². The summed E-state index contributed by atoms with van der Waals surface area (Å²) in [5.74, 6) is 6.02. The maximum absolute atomic E-state index is 5.39. The first kappa shape index (κ1) is 9.32. The Morgan fingerprint density at radius 3 is 3.12 bits per heavy atom. The Hall–Kier alpha value is -1.92. The summed E-state index contributed by atoms with van der Waals surface area (Å²) < 4.78 is 1.76. The molecule has 0 saturated heterocycles. The van der Waals surface area contributed by atoms with Crippen molar-refractivity contribution in [1.29, 1.82) is 0 Å². The number of anilines is 1. The summed E-state index contributed by atoms with van der Waals surface area (Å²) in [5.41, 5.74) is 4.36. The summed E-state index contributed by atoms with van der Waals surface area (Å²) >= 11 is 1.66. The molecule has 0 aliphatic rings. The molecular formula is C10H9N5S. The molecule has 0 saturated carbocycles. The summed E-state index contributed by atoms with van der Waals surface area (Å²) in [6, 6.07) is 6.01. The minimum absolute atomic E-state index is 0.623. The highest BCUT2D eigenvalue weighted by Gasteiger charge is 2.08. The first-order valence-corrected chi connectivity index (χ1v) is 5.61. The topological polar surface area (TPSA) is 68.2 Å². The summed E-state index contributed by atoms with van der Waals surface area (Å²) in [6.45, 7) is 0. The van der Waals surface area contributed by atoms with Crippen molar-refractivity contribution in [1.82, 2.24) is 14.6 Å². The van der Waals surface area contributed by atoms with Crippen LogP contribution in [0.3, 0.4) is 0 Å². The van der Waals surface area contributed by atoms with Crippen LogP contribution in [0.4, 0.5) is 5.82 Å². The average molecular weight is 231 g/mol. The molecule has 3 rings (SSSR count). The lowest BCUT2D eigenvalue weighted by molar-refractivity contribution is 0.950. The van der Waals surface area contributed by atoms with E-state index in [0.717, 1.165) is 16.1 Å². The summed E-state index contributed by atoms with van der Waals surface area (Å²) in [7, 11) is 0. The number of aromatic nitrogens is 3. The third kappa shape index (κ3) is 1.36. The zero-order chi connectivity index (χ0) is 11.0. The van der Waals surface area contributed by atoms with E-state index >= 15 is 0 Å². The van der Waals surface area contributed by atoms with Gasteiger partial charge in [-0.05, 0) is 17.5 Å². The molecule has 3 aromatic rings. The monoisotopic (exact) mass is 231 g/mol.